The van der Waals surface area contributed by atoms with Crippen LogP contribution >= 0.6 is 22.9 Å². The van der Waals surface area contributed by atoms with Crippen LogP contribution in [0.25, 0.3) is 0 Å². The van der Waals surface area contributed by atoms with Crippen LogP contribution in [-0.4, -0.2) is 33.0 Å². The van der Waals surface area contributed by atoms with E-state index in [1.54, 1.807) is 24.4 Å². The number of carbonyl (C=O) groups is 3. The number of aryl methyl sites for hydroxylation is 1. The number of hydrogen-bond donors (Lipinski definition) is 3. The number of amides is 2. The number of ether oxygens (including phenoxy) is 1. The number of thiophene rings is 1. The lowest BCUT2D eigenvalue weighted by Crippen LogP contribution is -2.23. The maximum Gasteiger partial charge on any atom is 0.348 e. The van der Waals surface area contributed by atoms with Gasteiger partial charge in [0.1, 0.15) is 28.6 Å². The summed E-state index contributed by atoms with van der Waals surface area (Å²) in [5.74, 6) is -3.82. The average molecular weight is 536 g/mol. The molecule has 0 atom stereocenters. The van der Waals surface area contributed by atoms with Gasteiger partial charge in [-0.25, -0.2) is 18.6 Å². The number of oxazole rings is 1. The highest BCUT2D eigenvalue weighted by atomic mass is 35.5. The van der Waals surface area contributed by atoms with Gasteiger partial charge in [0.15, 0.2) is 23.3 Å². The molecule has 10 nitrogen and oxygen atoms in total. The van der Waals surface area contributed by atoms with Crippen LogP contribution in [0, 0.1) is 18.6 Å². The number of halogens is 3. The van der Waals surface area contributed by atoms with Crippen molar-refractivity contribution >= 4 is 46.5 Å². The normalized spacial score (nSPS) is 10.8. The SMILES string of the molecule is Cc1nc(COC(=O)c2cccs2)c(CNC(=O)c2cc(NC(=O)c3cc(F)c(F)cc3Cl)n[nH]2)o1. The zero-order valence-corrected chi connectivity index (χ0v) is 19.9. The van der Waals surface area contributed by atoms with Gasteiger partial charge in [-0.15, -0.1) is 11.3 Å². The van der Waals surface area contributed by atoms with Crippen LogP contribution in [0.3, 0.4) is 0 Å². The first-order valence-electron chi connectivity index (χ1n) is 10.2. The van der Waals surface area contributed by atoms with Crippen LogP contribution in [0.1, 0.15) is 47.9 Å². The highest BCUT2D eigenvalue weighted by Crippen LogP contribution is 2.21. The molecule has 0 radical (unpaired) electrons. The van der Waals surface area contributed by atoms with E-state index in [0.29, 0.717) is 34.4 Å². The number of nitrogens with zero attached hydrogens (tertiary/aromatic N) is 2. The molecular weight excluding hydrogens is 520 g/mol. The molecule has 186 valence electrons. The highest BCUT2D eigenvalue weighted by Gasteiger charge is 2.19. The Morgan fingerprint density at radius 3 is 2.72 bits per heavy atom. The highest BCUT2D eigenvalue weighted by molar-refractivity contribution is 7.11. The molecule has 3 N–H and O–H groups in total. The van der Waals surface area contributed by atoms with Gasteiger partial charge in [0, 0.05) is 13.0 Å². The molecule has 0 unspecified atom stereocenters. The summed E-state index contributed by atoms with van der Waals surface area (Å²) in [5, 5.41) is 12.6. The van der Waals surface area contributed by atoms with Crippen molar-refractivity contribution in [3.63, 3.8) is 0 Å². The quantitative estimate of drug-likeness (QED) is 0.226. The van der Waals surface area contributed by atoms with Crippen molar-refractivity contribution in [3.8, 4) is 0 Å². The molecule has 0 aliphatic carbocycles. The van der Waals surface area contributed by atoms with Crippen molar-refractivity contribution in [2.75, 3.05) is 5.32 Å². The molecule has 3 aromatic heterocycles. The molecule has 0 saturated carbocycles. The van der Waals surface area contributed by atoms with E-state index in [2.05, 4.69) is 25.8 Å². The van der Waals surface area contributed by atoms with Crippen molar-refractivity contribution in [2.24, 2.45) is 0 Å². The van der Waals surface area contributed by atoms with Gasteiger partial charge in [-0.1, -0.05) is 17.7 Å². The summed E-state index contributed by atoms with van der Waals surface area (Å²) < 4.78 is 37.4. The third kappa shape index (κ3) is 5.75. The minimum absolute atomic E-state index is 0.0106. The van der Waals surface area contributed by atoms with E-state index in [-0.39, 0.29) is 35.2 Å². The second-order valence-corrected chi connectivity index (χ2v) is 8.56. The number of esters is 1. The summed E-state index contributed by atoms with van der Waals surface area (Å²) in [4.78, 5) is 41.5. The van der Waals surface area contributed by atoms with Gasteiger partial charge in [-0.2, -0.15) is 5.10 Å². The number of rotatable bonds is 8. The standard InChI is InChI=1S/C22H16ClF2N5O5S/c1-10-27-16(9-34-22(33)18-3-2-4-36-18)17(35-10)8-26-21(32)15-7-19(30-29-15)28-20(31)11-5-13(24)14(25)6-12(11)23/h2-7H,8-9H2,1H3,(H,26,32)(H2,28,29,30,31). The molecule has 4 rings (SSSR count). The second kappa shape index (κ2) is 10.7. The predicted molar refractivity (Wildman–Crippen MR) is 124 cm³/mol. The summed E-state index contributed by atoms with van der Waals surface area (Å²) in [5.41, 5.74) is 0.0276. The number of aromatic nitrogens is 3. The molecule has 0 aliphatic rings. The Kier molecular flexibility index (Phi) is 7.41. The topological polar surface area (TPSA) is 139 Å². The smallest absolute Gasteiger partial charge is 0.348 e. The van der Waals surface area contributed by atoms with Gasteiger partial charge in [0.25, 0.3) is 11.8 Å². The van der Waals surface area contributed by atoms with E-state index in [9.17, 15) is 23.2 Å². The maximum atomic E-state index is 13.5. The first-order valence-corrected chi connectivity index (χ1v) is 11.4. The fourth-order valence-electron chi connectivity index (χ4n) is 3.00. The Balaban J connectivity index is 1.35. The monoisotopic (exact) mass is 535 g/mol. The van der Waals surface area contributed by atoms with Gasteiger partial charge in [0.05, 0.1) is 17.1 Å². The van der Waals surface area contributed by atoms with Crippen LogP contribution in [0.4, 0.5) is 14.6 Å². The molecule has 0 fully saturated rings. The van der Waals surface area contributed by atoms with Crippen LogP contribution in [0.2, 0.25) is 5.02 Å². The molecule has 36 heavy (non-hydrogen) atoms. The minimum Gasteiger partial charge on any atom is -0.455 e. The van der Waals surface area contributed by atoms with Crippen molar-refractivity contribution < 1.29 is 32.3 Å². The van der Waals surface area contributed by atoms with E-state index < -0.39 is 29.4 Å². The molecule has 1 aromatic carbocycles. The Bertz CT molecular complexity index is 1440. The molecule has 0 spiro atoms. The maximum absolute atomic E-state index is 13.5. The molecule has 3 heterocycles. The summed E-state index contributed by atoms with van der Waals surface area (Å²) >= 11 is 7.04. The number of anilines is 1. The van der Waals surface area contributed by atoms with Gasteiger partial charge in [-0.3, -0.25) is 14.7 Å². The largest absolute Gasteiger partial charge is 0.455 e. The predicted octanol–water partition coefficient (Wildman–Crippen LogP) is 4.24. The van der Waals surface area contributed by atoms with Crippen molar-refractivity contribution in [1.29, 1.82) is 0 Å². The lowest BCUT2D eigenvalue weighted by molar-refractivity contribution is 0.0471. The van der Waals surface area contributed by atoms with Gasteiger partial charge >= 0.3 is 5.97 Å². The lowest BCUT2D eigenvalue weighted by atomic mass is 10.2. The van der Waals surface area contributed by atoms with Gasteiger partial charge in [-0.05, 0) is 23.6 Å². The third-order valence-corrected chi connectivity index (χ3v) is 5.84. The zero-order chi connectivity index (χ0) is 25.8. The number of H-pyrrole nitrogens is 1. The van der Waals surface area contributed by atoms with Crippen molar-refractivity contribution in [1.82, 2.24) is 20.5 Å². The Labute approximate surface area is 210 Å². The first kappa shape index (κ1) is 25.0. The van der Waals surface area contributed by atoms with Crippen LogP contribution in [-0.2, 0) is 17.9 Å². The third-order valence-electron chi connectivity index (χ3n) is 4.68. The number of aromatic amines is 1. The molecule has 0 aliphatic heterocycles. The van der Waals surface area contributed by atoms with Crippen molar-refractivity contribution in [2.45, 2.75) is 20.1 Å². The number of carbonyl (C=O) groups excluding carboxylic acids is 3. The fraction of sp³-hybridized carbons (Fsp3) is 0.136. The Morgan fingerprint density at radius 1 is 1.19 bits per heavy atom. The molecule has 14 heteroatoms. The van der Waals surface area contributed by atoms with Gasteiger partial charge in [0.2, 0.25) is 0 Å². The minimum atomic E-state index is -1.24. The van der Waals surface area contributed by atoms with E-state index in [1.807, 2.05) is 0 Å². The Morgan fingerprint density at radius 2 is 1.97 bits per heavy atom. The zero-order valence-electron chi connectivity index (χ0n) is 18.4. The van der Waals surface area contributed by atoms with Crippen LogP contribution < -0.4 is 10.6 Å². The lowest BCUT2D eigenvalue weighted by Gasteiger charge is -2.05. The number of nitrogens with one attached hydrogen (secondary N) is 3. The molecule has 4 aromatic rings. The average Bonchev–Trinajstić information content (AvgIpc) is 3.59. The first-order chi connectivity index (χ1) is 17.2. The van der Waals surface area contributed by atoms with E-state index in [1.165, 1.54) is 17.4 Å². The van der Waals surface area contributed by atoms with E-state index in [4.69, 9.17) is 20.8 Å². The summed E-state index contributed by atoms with van der Waals surface area (Å²) in [6, 6.07) is 5.93. The summed E-state index contributed by atoms with van der Waals surface area (Å²) in [7, 11) is 0. The molecule has 0 bridgehead atoms. The fourth-order valence-corrected chi connectivity index (χ4v) is 3.85. The van der Waals surface area contributed by atoms with Crippen molar-refractivity contribution in [3.05, 3.63) is 85.8 Å². The summed E-state index contributed by atoms with van der Waals surface area (Å²) in [6.07, 6.45) is 0. The molecule has 2 amide bonds. The number of hydrogen-bond acceptors (Lipinski definition) is 8. The second-order valence-electron chi connectivity index (χ2n) is 7.21. The summed E-state index contributed by atoms with van der Waals surface area (Å²) in [6.45, 7) is 1.39. The van der Waals surface area contributed by atoms with E-state index >= 15 is 0 Å². The van der Waals surface area contributed by atoms with E-state index in [0.717, 1.165) is 0 Å². The van der Waals surface area contributed by atoms with Crippen LogP contribution in [0.15, 0.2) is 40.1 Å². The molecule has 0 saturated heterocycles. The Hall–Kier alpha value is -4.10. The number of benzene rings is 1. The molecular formula is C22H16ClF2N5O5S. The van der Waals surface area contributed by atoms with Gasteiger partial charge < -0.3 is 19.8 Å². The van der Waals surface area contributed by atoms with Crippen LogP contribution in [0.5, 0.6) is 0 Å².